The molecule has 2 aromatic carbocycles. The number of rotatable bonds is 5. The molecule has 4 heteroatoms. The Balaban J connectivity index is 2.20. The third-order valence-electron chi connectivity index (χ3n) is 3.02. The number of aryl methyl sites for hydroxylation is 1. The molecule has 0 saturated carbocycles. The average Bonchev–Trinajstić information content (AvgIpc) is 2.49. The number of nitrogens with zero attached hydrogens (tertiary/aromatic N) is 1. The van der Waals surface area contributed by atoms with E-state index in [1.807, 2.05) is 19.1 Å². The van der Waals surface area contributed by atoms with Gasteiger partial charge in [-0.2, -0.15) is 0 Å². The maximum atomic E-state index is 6.16. The molecule has 110 valence electrons. The molecule has 0 fully saturated rings. The van der Waals surface area contributed by atoms with E-state index in [0.717, 1.165) is 17.7 Å². The lowest BCUT2D eigenvalue weighted by Gasteiger charge is -2.08. The summed E-state index contributed by atoms with van der Waals surface area (Å²) >= 11 is 12.3. The summed E-state index contributed by atoms with van der Waals surface area (Å²) in [6.07, 6.45) is 2.77. The second kappa shape index (κ2) is 7.48. The van der Waals surface area contributed by atoms with Crippen molar-refractivity contribution < 1.29 is 4.74 Å². The van der Waals surface area contributed by atoms with Crippen LogP contribution in [0.1, 0.15) is 25.0 Å². The smallest absolute Gasteiger partial charge is 0.156 e. The Morgan fingerprint density at radius 3 is 2.19 bits per heavy atom. The summed E-state index contributed by atoms with van der Waals surface area (Å²) in [5, 5.41) is 0.985. The van der Waals surface area contributed by atoms with Gasteiger partial charge in [0.15, 0.2) is 5.75 Å². The molecule has 0 aliphatic carbocycles. The highest BCUT2D eigenvalue weighted by Crippen LogP contribution is 2.33. The van der Waals surface area contributed by atoms with Crippen LogP contribution in [0.2, 0.25) is 10.0 Å². The van der Waals surface area contributed by atoms with E-state index < -0.39 is 0 Å². The number of benzene rings is 2. The van der Waals surface area contributed by atoms with Crippen LogP contribution in [0, 0.1) is 0 Å². The molecule has 0 aromatic heterocycles. The van der Waals surface area contributed by atoms with E-state index in [2.05, 4.69) is 24.0 Å². The lowest BCUT2D eigenvalue weighted by atomic mass is 10.1. The van der Waals surface area contributed by atoms with Crippen molar-refractivity contribution in [3.8, 4) is 5.75 Å². The second-order valence-corrected chi connectivity index (χ2v) is 5.34. The number of hydrogen-bond acceptors (Lipinski definition) is 2. The Labute approximate surface area is 135 Å². The Kier molecular flexibility index (Phi) is 5.66. The van der Waals surface area contributed by atoms with Crippen molar-refractivity contribution in [1.29, 1.82) is 0 Å². The molecule has 0 atom stereocenters. The zero-order valence-electron chi connectivity index (χ0n) is 12.1. The van der Waals surface area contributed by atoms with Gasteiger partial charge in [0, 0.05) is 6.21 Å². The molecule has 0 aliphatic heterocycles. The van der Waals surface area contributed by atoms with Gasteiger partial charge in [0.05, 0.1) is 22.3 Å². The van der Waals surface area contributed by atoms with Gasteiger partial charge in [0.2, 0.25) is 0 Å². The van der Waals surface area contributed by atoms with Gasteiger partial charge in [-0.3, -0.25) is 4.99 Å². The molecule has 2 aromatic rings. The number of hydrogen-bond donors (Lipinski definition) is 0. The molecule has 0 heterocycles. The molecule has 0 amide bonds. The van der Waals surface area contributed by atoms with Gasteiger partial charge < -0.3 is 4.74 Å². The highest BCUT2D eigenvalue weighted by Gasteiger charge is 2.08. The van der Waals surface area contributed by atoms with Crippen molar-refractivity contribution >= 4 is 35.1 Å². The Morgan fingerprint density at radius 1 is 1.05 bits per heavy atom. The number of ether oxygens (including phenoxy) is 1. The standard InChI is InChI=1S/C17H17Cl2NO/c1-3-12-5-7-14(8-6-12)20-11-13-9-15(18)17(21-4-2)16(19)10-13/h5-11H,3-4H2,1-2H3. The van der Waals surface area contributed by atoms with Crippen LogP contribution >= 0.6 is 23.2 Å². The fourth-order valence-corrected chi connectivity index (χ4v) is 2.52. The largest absolute Gasteiger partial charge is 0.491 e. The van der Waals surface area contributed by atoms with Crippen LogP contribution in [0.5, 0.6) is 5.75 Å². The SMILES string of the molecule is CCOc1c(Cl)cc(C=Nc2ccc(CC)cc2)cc1Cl. The van der Waals surface area contributed by atoms with E-state index in [0.29, 0.717) is 22.4 Å². The van der Waals surface area contributed by atoms with Crippen molar-refractivity contribution in [3.05, 3.63) is 57.6 Å². The minimum Gasteiger partial charge on any atom is -0.491 e. The normalized spacial score (nSPS) is 11.0. The van der Waals surface area contributed by atoms with Gasteiger partial charge in [-0.15, -0.1) is 0 Å². The van der Waals surface area contributed by atoms with Crippen LogP contribution < -0.4 is 4.74 Å². The van der Waals surface area contributed by atoms with Crippen LogP contribution in [0.15, 0.2) is 41.4 Å². The molecule has 0 unspecified atom stereocenters. The monoisotopic (exact) mass is 321 g/mol. The molecule has 0 spiro atoms. The number of aliphatic imine (C=N–C) groups is 1. The minimum absolute atomic E-state index is 0.493. The van der Waals surface area contributed by atoms with E-state index in [-0.39, 0.29) is 0 Å². The van der Waals surface area contributed by atoms with Crippen molar-refractivity contribution in [1.82, 2.24) is 0 Å². The van der Waals surface area contributed by atoms with Crippen molar-refractivity contribution in [3.63, 3.8) is 0 Å². The van der Waals surface area contributed by atoms with Crippen molar-refractivity contribution in [2.24, 2.45) is 4.99 Å². The molecule has 0 saturated heterocycles. The molecule has 2 nitrogen and oxygen atoms in total. The summed E-state index contributed by atoms with van der Waals surface area (Å²) in [5.74, 6) is 0.519. The summed E-state index contributed by atoms with van der Waals surface area (Å²) < 4.78 is 5.40. The van der Waals surface area contributed by atoms with E-state index in [4.69, 9.17) is 27.9 Å². The van der Waals surface area contributed by atoms with E-state index >= 15 is 0 Å². The van der Waals surface area contributed by atoms with Crippen LogP contribution in [-0.4, -0.2) is 12.8 Å². The maximum absolute atomic E-state index is 6.16. The summed E-state index contributed by atoms with van der Waals surface area (Å²) in [7, 11) is 0. The number of halogens is 2. The first-order chi connectivity index (χ1) is 10.1. The Hall–Kier alpha value is -1.51. The molecule has 0 radical (unpaired) electrons. The fourth-order valence-electron chi connectivity index (χ4n) is 1.90. The van der Waals surface area contributed by atoms with Gasteiger partial charge in [-0.25, -0.2) is 0 Å². The highest BCUT2D eigenvalue weighted by atomic mass is 35.5. The first-order valence-corrected chi connectivity index (χ1v) is 7.64. The maximum Gasteiger partial charge on any atom is 0.156 e. The lowest BCUT2D eigenvalue weighted by molar-refractivity contribution is 0.340. The van der Waals surface area contributed by atoms with Gasteiger partial charge in [0.25, 0.3) is 0 Å². The lowest BCUT2D eigenvalue weighted by Crippen LogP contribution is -1.94. The summed E-state index contributed by atoms with van der Waals surface area (Å²) in [6.45, 7) is 4.54. The highest BCUT2D eigenvalue weighted by molar-refractivity contribution is 6.37. The molecule has 0 N–H and O–H groups in total. The quantitative estimate of drug-likeness (QED) is 0.647. The predicted octanol–water partition coefficient (Wildman–Crippen LogP) is 5.71. The zero-order valence-corrected chi connectivity index (χ0v) is 13.6. The van der Waals surface area contributed by atoms with Crippen molar-refractivity contribution in [2.75, 3.05) is 6.61 Å². The van der Waals surface area contributed by atoms with Gasteiger partial charge in [0.1, 0.15) is 0 Å². The van der Waals surface area contributed by atoms with Gasteiger partial charge in [-0.05, 0) is 48.7 Å². The third kappa shape index (κ3) is 4.23. The first-order valence-electron chi connectivity index (χ1n) is 6.89. The summed E-state index contributed by atoms with van der Waals surface area (Å²) in [5.41, 5.74) is 3.03. The Bertz CT molecular complexity index is 613. The average molecular weight is 322 g/mol. The second-order valence-electron chi connectivity index (χ2n) is 4.52. The molecule has 0 aliphatic rings. The van der Waals surface area contributed by atoms with Crippen molar-refractivity contribution in [2.45, 2.75) is 20.3 Å². The van der Waals surface area contributed by atoms with Crippen LogP contribution in [0.4, 0.5) is 5.69 Å². The van der Waals surface area contributed by atoms with E-state index in [1.54, 1.807) is 18.3 Å². The summed E-state index contributed by atoms with van der Waals surface area (Å²) in [4.78, 5) is 4.43. The zero-order chi connectivity index (χ0) is 15.2. The third-order valence-corrected chi connectivity index (χ3v) is 3.58. The summed E-state index contributed by atoms with van der Waals surface area (Å²) in [6, 6.07) is 11.7. The fraction of sp³-hybridized carbons (Fsp3) is 0.235. The molecule has 21 heavy (non-hydrogen) atoms. The molecule has 2 rings (SSSR count). The van der Waals surface area contributed by atoms with Gasteiger partial charge in [-0.1, -0.05) is 42.3 Å². The van der Waals surface area contributed by atoms with E-state index in [1.165, 1.54) is 5.56 Å². The Morgan fingerprint density at radius 2 is 1.67 bits per heavy atom. The first kappa shape index (κ1) is 15.9. The van der Waals surface area contributed by atoms with Crippen LogP contribution in [0.3, 0.4) is 0 Å². The van der Waals surface area contributed by atoms with E-state index in [9.17, 15) is 0 Å². The predicted molar refractivity (Wildman–Crippen MR) is 90.7 cm³/mol. The van der Waals surface area contributed by atoms with Crippen LogP contribution in [0.25, 0.3) is 0 Å². The molecule has 0 bridgehead atoms. The van der Waals surface area contributed by atoms with Crippen LogP contribution in [-0.2, 0) is 6.42 Å². The topological polar surface area (TPSA) is 21.6 Å². The minimum atomic E-state index is 0.493. The molecular weight excluding hydrogens is 305 g/mol. The molecular formula is C17H17Cl2NO. The van der Waals surface area contributed by atoms with Gasteiger partial charge >= 0.3 is 0 Å².